The van der Waals surface area contributed by atoms with E-state index in [1.165, 1.54) is 0 Å². The molecule has 0 unspecified atom stereocenters. The number of amides is 1. The van der Waals surface area contributed by atoms with Gasteiger partial charge >= 0.3 is 0 Å². The molecule has 1 aromatic heterocycles. The Labute approximate surface area is 96.0 Å². The summed E-state index contributed by atoms with van der Waals surface area (Å²) >= 11 is 0. The standard InChI is InChI=1S/C12H18N2O2/c1-9(2)12(15)13-7-6-10-4-5-11(16-3)14-8-10/h4-5,8-9H,6-7H2,1-3H3,(H,13,15). The van der Waals surface area contributed by atoms with Crippen molar-refractivity contribution >= 4 is 5.91 Å². The third kappa shape index (κ3) is 3.88. The minimum atomic E-state index is 0.0361. The first kappa shape index (κ1) is 12.5. The van der Waals surface area contributed by atoms with E-state index in [0.29, 0.717) is 12.4 Å². The van der Waals surface area contributed by atoms with Gasteiger partial charge in [0.2, 0.25) is 11.8 Å². The van der Waals surface area contributed by atoms with Crippen LogP contribution in [-0.2, 0) is 11.2 Å². The van der Waals surface area contributed by atoms with E-state index < -0.39 is 0 Å². The summed E-state index contributed by atoms with van der Waals surface area (Å²) in [6, 6.07) is 3.77. The lowest BCUT2D eigenvalue weighted by Gasteiger charge is -2.07. The molecule has 0 atom stereocenters. The fourth-order valence-corrected chi connectivity index (χ4v) is 1.21. The molecule has 1 amide bonds. The van der Waals surface area contributed by atoms with Gasteiger partial charge in [-0.25, -0.2) is 4.98 Å². The second kappa shape index (κ2) is 6.10. The molecule has 0 fully saturated rings. The maximum Gasteiger partial charge on any atom is 0.222 e. The highest BCUT2D eigenvalue weighted by Crippen LogP contribution is 2.06. The van der Waals surface area contributed by atoms with Gasteiger partial charge < -0.3 is 10.1 Å². The van der Waals surface area contributed by atoms with Crippen molar-refractivity contribution in [1.29, 1.82) is 0 Å². The highest BCUT2D eigenvalue weighted by Gasteiger charge is 2.05. The van der Waals surface area contributed by atoms with Gasteiger partial charge in [-0.05, 0) is 12.0 Å². The van der Waals surface area contributed by atoms with E-state index in [4.69, 9.17) is 4.74 Å². The van der Waals surface area contributed by atoms with E-state index >= 15 is 0 Å². The van der Waals surface area contributed by atoms with Gasteiger partial charge in [-0.2, -0.15) is 0 Å². The van der Waals surface area contributed by atoms with Gasteiger partial charge in [-0.3, -0.25) is 4.79 Å². The van der Waals surface area contributed by atoms with E-state index in [-0.39, 0.29) is 11.8 Å². The molecule has 4 heteroatoms. The van der Waals surface area contributed by atoms with Crippen molar-refractivity contribution in [1.82, 2.24) is 10.3 Å². The monoisotopic (exact) mass is 222 g/mol. The molecular formula is C12H18N2O2. The summed E-state index contributed by atoms with van der Waals surface area (Å²) in [6.45, 7) is 4.40. The molecule has 0 saturated carbocycles. The Morgan fingerprint density at radius 1 is 1.50 bits per heavy atom. The van der Waals surface area contributed by atoms with Gasteiger partial charge in [0.05, 0.1) is 7.11 Å². The Bertz CT molecular complexity index is 333. The molecule has 1 rings (SSSR count). The zero-order valence-electron chi connectivity index (χ0n) is 9.99. The van der Waals surface area contributed by atoms with Crippen LogP contribution in [0.25, 0.3) is 0 Å². The molecular weight excluding hydrogens is 204 g/mol. The maximum atomic E-state index is 11.3. The summed E-state index contributed by atoms with van der Waals surface area (Å²) in [4.78, 5) is 15.4. The Kier molecular flexibility index (Phi) is 4.76. The number of nitrogens with one attached hydrogen (secondary N) is 1. The largest absolute Gasteiger partial charge is 0.481 e. The van der Waals surface area contributed by atoms with Gasteiger partial charge in [-0.15, -0.1) is 0 Å². The van der Waals surface area contributed by atoms with Crippen molar-refractivity contribution < 1.29 is 9.53 Å². The zero-order valence-corrected chi connectivity index (χ0v) is 9.99. The predicted octanol–water partition coefficient (Wildman–Crippen LogP) is 1.40. The first-order valence-corrected chi connectivity index (χ1v) is 5.40. The summed E-state index contributed by atoms with van der Waals surface area (Å²) in [7, 11) is 1.59. The molecule has 88 valence electrons. The van der Waals surface area contributed by atoms with Gasteiger partial charge in [0.25, 0.3) is 0 Å². The van der Waals surface area contributed by atoms with Crippen LogP contribution in [0.3, 0.4) is 0 Å². The van der Waals surface area contributed by atoms with Crippen LogP contribution in [0.5, 0.6) is 5.88 Å². The number of pyridine rings is 1. The van der Waals surface area contributed by atoms with E-state index in [1.54, 1.807) is 13.3 Å². The molecule has 1 heterocycles. The van der Waals surface area contributed by atoms with Crippen LogP contribution in [0.1, 0.15) is 19.4 Å². The number of aromatic nitrogens is 1. The quantitative estimate of drug-likeness (QED) is 0.819. The molecule has 0 aliphatic carbocycles. The molecule has 16 heavy (non-hydrogen) atoms. The SMILES string of the molecule is COc1ccc(CCNC(=O)C(C)C)cn1. The summed E-state index contributed by atoms with van der Waals surface area (Å²) in [5, 5.41) is 2.86. The smallest absolute Gasteiger partial charge is 0.222 e. The van der Waals surface area contributed by atoms with Gasteiger partial charge in [-0.1, -0.05) is 19.9 Å². The topological polar surface area (TPSA) is 51.2 Å². The normalized spacial score (nSPS) is 10.2. The highest BCUT2D eigenvalue weighted by molar-refractivity contribution is 5.77. The molecule has 0 radical (unpaired) electrons. The fraction of sp³-hybridized carbons (Fsp3) is 0.500. The average Bonchev–Trinajstić information content (AvgIpc) is 2.29. The van der Waals surface area contributed by atoms with Crippen molar-refractivity contribution in [2.75, 3.05) is 13.7 Å². The van der Waals surface area contributed by atoms with Crippen LogP contribution in [0.2, 0.25) is 0 Å². The number of ether oxygens (including phenoxy) is 1. The van der Waals surface area contributed by atoms with Crippen LogP contribution in [0.4, 0.5) is 0 Å². The third-order valence-electron chi connectivity index (χ3n) is 2.24. The van der Waals surface area contributed by atoms with Crippen molar-refractivity contribution in [3.63, 3.8) is 0 Å². The molecule has 4 nitrogen and oxygen atoms in total. The van der Waals surface area contributed by atoms with Crippen LogP contribution in [0.15, 0.2) is 18.3 Å². The number of rotatable bonds is 5. The average molecular weight is 222 g/mol. The number of carbonyl (C=O) groups excluding carboxylic acids is 1. The summed E-state index contributed by atoms with van der Waals surface area (Å²) in [5.41, 5.74) is 1.09. The summed E-state index contributed by atoms with van der Waals surface area (Å²) in [6.07, 6.45) is 2.55. The van der Waals surface area contributed by atoms with E-state index in [9.17, 15) is 4.79 Å². The first-order chi connectivity index (χ1) is 7.63. The minimum absolute atomic E-state index is 0.0361. The lowest BCUT2D eigenvalue weighted by Crippen LogP contribution is -2.29. The second-order valence-corrected chi connectivity index (χ2v) is 3.90. The Morgan fingerprint density at radius 3 is 2.75 bits per heavy atom. The number of carbonyl (C=O) groups is 1. The van der Waals surface area contributed by atoms with Crippen molar-refractivity contribution in [2.45, 2.75) is 20.3 Å². The number of hydrogen-bond acceptors (Lipinski definition) is 3. The van der Waals surface area contributed by atoms with Crippen LogP contribution in [0, 0.1) is 5.92 Å². The molecule has 0 spiro atoms. The highest BCUT2D eigenvalue weighted by atomic mass is 16.5. The second-order valence-electron chi connectivity index (χ2n) is 3.90. The predicted molar refractivity (Wildman–Crippen MR) is 62.3 cm³/mol. The Hall–Kier alpha value is -1.58. The molecule has 0 aliphatic rings. The molecule has 1 N–H and O–H groups in total. The third-order valence-corrected chi connectivity index (χ3v) is 2.24. The molecule has 0 aromatic carbocycles. The fourth-order valence-electron chi connectivity index (χ4n) is 1.21. The van der Waals surface area contributed by atoms with Crippen molar-refractivity contribution in [2.24, 2.45) is 5.92 Å². The van der Waals surface area contributed by atoms with E-state index in [1.807, 2.05) is 26.0 Å². The molecule has 1 aromatic rings. The lowest BCUT2D eigenvalue weighted by atomic mass is 10.2. The molecule has 0 saturated heterocycles. The Morgan fingerprint density at radius 2 is 2.25 bits per heavy atom. The van der Waals surface area contributed by atoms with Gasteiger partial charge in [0.15, 0.2) is 0 Å². The number of methoxy groups -OCH3 is 1. The Balaban J connectivity index is 2.34. The van der Waals surface area contributed by atoms with Crippen LogP contribution in [-0.4, -0.2) is 24.5 Å². The van der Waals surface area contributed by atoms with Crippen molar-refractivity contribution in [3.05, 3.63) is 23.9 Å². The van der Waals surface area contributed by atoms with E-state index in [2.05, 4.69) is 10.3 Å². The number of hydrogen-bond donors (Lipinski definition) is 1. The van der Waals surface area contributed by atoms with Gasteiger partial charge in [0, 0.05) is 24.7 Å². The van der Waals surface area contributed by atoms with Crippen molar-refractivity contribution in [3.8, 4) is 5.88 Å². The van der Waals surface area contributed by atoms with Crippen LogP contribution < -0.4 is 10.1 Å². The first-order valence-electron chi connectivity index (χ1n) is 5.40. The summed E-state index contributed by atoms with van der Waals surface area (Å²) < 4.78 is 4.96. The van der Waals surface area contributed by atoms with Gasteiger partial charge in [0.1, 0.15) is 0 Å². The maximum absolute atomic E-state index is 11.3. The summed E-state index contributed by atoms with van der Waals surface area (Å²) in [5.74, 6) is 0.727. The minimum Gasteiger partial charge on any atom is -0.481 e. The van der Waals surface area contributed by atoms with E-state index in [0.717, 1.165) is 12.0 Å². The molecule has 0 bridgehead atoms. The van der Waals surface area contributed by atoms with Crippen LogP contribution >= 0.6 is 0 Å². The number of nitrogens with zero attached hydrogens (tertiary/aromatic N) is 1. The lowest BCUT2D eigenvalue weighted by molar-refractivity contribution is -0.123. The molecule has 0 aliphatic heterocycles. The zero-order chi connectivity index (χ0) is 12.0.